The number of aromatic carboxylic acids is 1. The number of aryl methyl sites for hydroxylation is 1. The molecule has 1 saturated carbocycles. The lowest BCUT2D eigenvalue weighted by atomic mass is 9.91. The van der Waals surface area contributed by atoms with Crippen LogP contribution >= 0.6 is 0 Å². The standard InChI is InChI=1S/C15H20N2O4/c1-10-5-6-13(12(9-10)14(19)20)16-15(21)17(7-8-18)11-3-2-4-11/h5-6,9,11,18H,2-4,7-8H2,1H3,(H,16,21)(H,19,20). The van der Waals surface area contributed by atoms with Gasteiger partial charge in [-0.15, -0.1) is 0 Å². The Labute approximate surface area is 123 Å². The van der Waals surface area contributed by atoms with E-state index in [9.17, 15) is 14.7 Å². The van der Waals surface area contributed by atoms with Crippen molar-refractivity contribution in [3.8, 4) is 0 Å². The Kier molecular flexibility index (Phi) is 4.80. The summed E-state index contributed by atoms with van der Waals surface area (Å²) in [5, 5.41) is 20.9. The summed E-state index contributed by atoms with van der Waals surface area (Å²) in [7, 11) is 0. The van der Waals surface area contributed by atoms with Crippen molar-refractivity contribution in [1.29, 1.82) is 0 Å². The Morgan fingerprint density at radius 2 is 2.10 bits per heavy atom. The van der Waals surface area contributed by atoms with Crippen molar-refractivity contribution in [2.75, 3.05) is 18.5 Å². The van der Waals surface area contributed by atoms with E-state index in [-0.39, 0.29) is 36.5 Å². The van der Waals surface area contributed by atoms with Crippen molar-refractivity contribution < 1.29 is 19.8 Å². The van der Waals surface area contributed by atoms with Gasteiger partial charge >= 0.3 is 12.0 Å². The Morgan fingerprint density at radius 3 is 2.62 bits per heavy atom. The molecule has 6 nitrogen and oxygen atoms in total. The van der Waals surface area contributed by atoms with E-state index < -0.39 is 5.97 Å². The maximum atomic E-state index is 12.3. The first kappa shape index (κ1) is 15.3. The number of anilines is 1. The molecule has 0 atom stereocenters. The Bertz CT molecular complexity index is 540. The van der Waals surface area contributed by atoms with E-state index in [2.05, 4.69) is 5.32 Å². The van der Waals surface area contributed by atoms with Gasteiger partial charge in [-0.25, -0.2) is 9.59 Å². The summed E-state index contributed by atoms with van der Waals surface area (Å²) in [6, 6.07) is 4.64. The van der Waals surface area contributed by atoms with E-state index in [1.807, 2.05) is 0 Å². The molecule has 1 fully saturated rings. The van der Waals surface area contributed by atoms with Crippen LogP contribution in [0.2, 0.25) is 0 Å². The monoisotopic (exact) mass is 292 g/mol. The van der Waals surface area contributed by atoms with E-state index in [1.165, 1.54) is 6.07 Å². The fourth-order valence-electron chi connectivity index (χ4n) is 2.39. The molecule has 114 valence electrons. The number of carbonyl (C=O) groups excluding carboxylic acids is 1. The quantitative estimate of drug-likeness (QED) is 0.775. The van der Waals surface area contributed by atoms with Crippen molar-refractivity contribution in [1.82, 2.24) is 4.90 Å². The second kappa shape index (κ2) is 6.58. The molecule has 3 N–H and O–H groups in total. The minimum Gasteiger partial charge on any atom is -0.478 e. The van der Waals surface area contributed by atoms with E-state index in [1.54, 1.807) is 24.0 Å². The van der Waals surface area contributed by atoms with E-state index in [0.717, 1.165) is 24.8 Å². The summed E-state index contributed by atoms with van der Waals surface area (Å²) in [6.07, 6.45) is 2.92. The smallest absolute Gasteiger partial charge is 0.337 e. The second-order valence-electron chi connectivity index (χ2n) is 5.29. The summed E-state index contributed by atoms with van der Waals surface area (Å²) in [6.45, 7) is 1.94. The molecule has 0 unspecified atom stereocenters. The molecule has 6 heteroatoms. The van der Waals surface area contributed by atoms with Crippen LogP contribution in [0.1, 0.15) is 35.2 Å². The van der Waals surface area contributed by atoms with E-state index >= 15 is 0 Å². The number of benzene rings is 1. The van der Waals surface area contributed by atoms with Crippen molar-refractivity contribution in [3.63, 3.8) is 0 Å². The molecule has 1 aromatic carbocycles. The van der Waals surface area contributed by atoms with Gasteiger partial charge in [0.2, 0.25) is 0 Å². The van der Waals surface area contributed by atoms with Gasteiger partial charge in [-0.1, -0.05) is 11.6 Å². The lowest BCUT2D eigenvalue weighted by Crippen LogP contribution is -2.47. The van der Waals surface area contributed by atoms with Crippen molar-refractivity contribution >= 4 is 17.7 Å². The Hall–Kier alpha value is -2.08. The van der Waals surface area contributed by atoms with Gasteiger partial charge in [0.15, 0.2) is 0 Å². The first-order valence-corrected chi connectivity index (χ1v) is 7.05. The van der Waals surface area contributed by atoms with E-state index in [4.69, 9.17) is 5.11 Å². The molecule has 1 aliphatic rings. The number of aliphatic hydroxyl groups excluding tert-OH is 1. The number of rotatable bonds is 5. The van der Waals surface area contributed by atoms with Gasteiger partial charge in [0.25, 0.3) is 0 Å². The topological polar surface area (TPSA) is 89.9 Å². The molecule has 21 heavy (non-hydrogen) atoms. The van der Waals surface area contributed by atoms with Crippen LogP contribution in [0.25, 0.3) is 0 Å². The van der Waals surface area contributed by atoms with Gasteiger partial charge in [0, 0.05) is 12.6 Å². The van der Waals surface area contributed by atoms with Crippen LogP contribution in [0.4, 0.5) is 10.5 Å². The fourth-order valence-corrected chi connectivity index (χ4v) is 2.39. The average Bonchev–Trinajstić information content (AvgIpc) is 2.38. The zero-order chi connectivity index (χ0) is 15.4. The zero-order valence-electron chi connectivity index (χ0n) is 12.0. The molecule has 0 aromatic heterocycles. The summed E-state index contributed by atoms with van der Waals surface area (Å²) >= 11 is 0. The summed E-state index contributed by atoms with van der Waals surface area (Å²) in [4.78, 5) is 25.1. The first-order valence-electron chi connectivity index (χ1n) is 7.05. The molecule has 0 bridgehead atoms. The van der Waals surface area contributed by atoms with Gasteiger partial charge in [-0.3, -0.25) is 0 Å². The Morgan fingerprint density at radius 1 is 1.38 bits per heavy atom. The van der Waals surface area contributed by atoms with Gasteiger partial charge in [-0.2, -0.15) is 0 Å². The van der Waals surface area contributed by atoms with Crippen molar-refractivity contribution in [2.24, 2.45) is 0 Å². The van der Waals surface area contributed by atoms with Crippen LogP contribution < -0.4 is 5.32 Å². The number of hydrogen-bond acceptors (Lipinski definition) is 3. The molecule has 0 spiro atoms. The first-order chi connectivity index (χ1) is 10.0. The molecule has 2 amide bonds. The predicted octanol–water partition coefficient (Wildman–Crippen LogP) is 2.07. The number of nitrogens with zero attached hydrogens (tertiary/aromatic N) is 1. The minimum absolute atomic E-state index is 0.0703. The van der Waals surface area contributed by atoms with Crippen molar-refractivity contribution in [3.05, 3.63) is 29.3 Å². The molecule has 2 rings (SSSR count). The summed E-state index contributed by atoms with van der Waals surface area (Å²) < 4.78 is 0. The molecule has 0 aliphatic heterocycles. The molecule has 0 radical (unpaired) electrons. The molecule has 1 aromatic rings. The highest BCUT2D eigenvalue weighted by Crippen LogP contribution is 2.26. The third-order valence-corrected chi connectivity index (χ3v) is 3.76. The lowest BCUT2D eigenvalue weighted by molar-refractivity contribution is 0.0698. The molecular weight excluding hydrogens is 272 g/mol. The van der Waals surface area contributed by atoms with Gasteiger partial charge in [0.1, 0.15) is 0 Å². The number of amides is 2. The normalized spacial score (nSPS) is 14.4. The number of nitrogens with one attached hydrogen (secondary N) is 1. The maximum Gasteiger partial charge on any atom is 0.337 e. The van der Waals surface area contributed by atoms with Gasteiger partial charge in [0.05, 0.1) is 17.9 Å². The van der Waals surface area contributed by atoms with Crippen LogP contribution in [-0.2, 0) is 0 Å². The molecule has 0 saturated heterocycles. The van der Waals surface area contributed by atoms with Crippen LogP contribution in [0.15, 0.2) is 18.2 Å². The van der Waals surface area contributed by atoms with Gasteiger partial charge in [-0.05, 0) is 38.3 Å². The highest BCUT2D eigenvalue weighted by atomic mass is 16.4. The number of urea groups is 1. The lowest BCUT2D eigenvalue weighted by Gasteiger charge is -2.37. The molecular formula is C15H20N2O4. The fraction of sp³-hybridized carbons (Fsp3) is 0.467. The summed E-state index contributed by atoms with van der Waals surface area (Å²) in [5.74, 6) is -1.08. The third-order valence-electron chi connectivity index (χ3n) is 3.76. The summed E-state index contributed by atoms with van der Waals surface area (Å²) in [5.41, 5.74) is 1.16. The number of aliphatic hydroxyl groups is 1. The molecule has 1 aliphatic carbocycles. The zero-order valence-corrected chi connectivity index (χ0v) is 12.0. The third kappa shape index (κ3) is 3.52. The number of hydrogen-bond donors (Lipinski definition) is 3. The number of carboxylic acids is 1. The highest BCUT2D eigenvalue weighted by molar-refractivity contribution is 6.00. The second-order valence-corrected chi connectivity index (χ2v) is 5.29. The van der Waals surface area contributed by atoms with Crippen molar-refractivity contribution in [2.45, 2.75) is 32.2 Å². The number of carboxylic acid groups (broad SMARTS) is 1. The van der Waals surface area contributed by atoms with Crippen LogP contribution in [0.5, 0.6) is 0 Å². The SMILES string of the molecule is Cc1ccc(NC(=O)N(CCO)C2CCC2)c(C(=O)O)c1. The van der Waals surface area contributed by atoms with Gasteiger partial charge < -0.3 is 20.4 Å². The number of carbonyl (C=O) groups is 2. The predicted molar refractivity (Wildman–Crippen MR) is 78.6 cm³/mol. The largest absolute Gasteiger partial charge is 0.478 e. The van der Waals surface area contributed by atoms with Crippen LogP contribution in [-0.4, -0.2) is 46.3 Å². The van der Waals surface area contributed by atoms with Crippen LogP contribution in [0, 0.1) is 6.92 Å². The highest BCUT2D eigenvalue weighted by Gasteiger charge is 2.28. The maximum absolute atomic E-state index is 12.3. The Balaban J connectivity index is 2.15. The van der Waals surface area contributed by atoms with Crippen LogP contribution in [0.3, 0.4) is 0 Å². The minimum atomic E-state index is -1.08. The average molecular weight is 292 g/mol. The molecule has 0 heterocycles. The van der Waals surface area contributed by atoms with E-state index in [0.29, 0.717) is 0 Å².